The van der Waals surface area contributed by atoms with Crippen molar-refractivity contribution in [2.45, 2.75) is 6.92 Å². The third-order valence-corrected chi connectivity index (χ3v) is 3.78. The molecule has 0 saturated heterocycles. The molecule has 0 aliphatic rings. The smallest absolute Gasteiger partial charge is 0.337 e. The molecule has 2 aromatic rings. The van der Waals surface area contributed by atoms with Crippen LogP contribution < -0.4 is 4.74 Å². The van der Waals surface area contributed by atoms with Crippen molar-refractivity contribution in [1.82, 2.24) is 0 Å². The molecular formula is C11H10Cl2O3S. The summed E-state index contributed by atoms with van der Waals surface area (Å²) in [6.45, 7) is 1.88. The highest BCUT2D eigenvalue weighted by molar-refractivity contribution is 7.20. The van der Waals surface area contributed by atoms with E-state index in [0.717, 1.165) is 4.88 Å². The average molecular weight is 293 g/mol. The van der Waals surface area contributed by atoms with Crippen molar-refractivity contribution in [3.63, 3.8) is 0 Å². The monoisotopic (exact) mass is 292 g/mol. The Hall–Kier alpha value is -0.970. The predicted molar refractivity (Wildman–Crippen MR) is 72.3 cm³/mol. The quantitative estimate of drug-likeness (QED) is 0.910. The van der Waals surface area contributed by atoms with Crippen molar-refractivity contribution in [2.75, 3.05) is 7.11 Å². The van der Waals surface area contributed by atoms with Gasteiger partial charge < -0.3 is 9.84 Å². The van der Waals surface area contributed by atoms with Gasteiger partial charge in [-0.3, -0.25) is 0 Å². The molecule has 0 spiro atoms. The largest absolute Gasteiger partial charge is 0.495 e. The second kappa shape index (κ2) is 5.12. The fourth-order valence-electron chi connectivity index (χ4n) is 1.67. The maximum Gasteiger partial charge on any atom is 0.337 e. The van der Waals surface area contributed by atoms with Gasteiger partial charge in [0.05, 0.1) is 27.8 Å². The maximum absolute atomic E-state index is 11.1. The molecule has 1 aromatic carbocycles. The molecule has 0 unspecified atom stereocenters. The highest BCUT2D eigenvalue weighted by Gasteiger charge is 2.18. The lowest BCUT2D eigenvalue weighted by molar-refractivity contribution is 0.0699. The Labute approximate surface area is 113 Å². The van der Waals surface area contributed by atoms with Gasteiger partial charge in [0.15, 0.2) is 0 Å². The lowest BCUT2D eigenvalue weighted by atomic mass is 10.1. The Morgan fingerprint density at radius 1 is 1.47 bits per heavy atom. The van der Waals surface area contributed by atoms with Crippen molar-refractivity contribution in [3.05, 3.63) is 27.6 Å². The SMILES string of the molecule is COc1c(C)sc2c(C(=O)O)ccc(Cl)c12.Cl. The lowest BCUT2D eigenvalue weighted by Crippen LogP contribution is -1.95. The number of thiophene rings is 1. The number of carbonyl (C=O) groups is 1. The number of halogens is 2. The number of aromatic carboxylic acids is 1. The van der Waals surface area contributed by atoms with Gasteiger partial charge in [-0.1, -0.05) is 11.6 Å². The number of ether oxygens (including phenoxy) is 1. The Bertz CT molecular complexity index is 578. The third kappa shape index (κ3) is 2.20. The molecule has 0 fully saturated rings. The molecule has 0 aliphatic carbocycles. The highest BCUT2D eigenvalue weighted by atomic mass is 35.5. The Balaban J connectivity index is 0.00000144. The van der Waals surface area contributed by atoms with E-state index in [-0.39, 0.29) is 18.0 Å². The van der Waals surface area contributed by atoms with Gasteiger partial charge in [-0.2, -0.15) is 0 Å². The van der Waals surface area contributed by atoms with Crippen LogP contribution in [0.5, 0.6) is 5.75 Å². The zero-order valence-corrected chi connectivity index (χ0v) is 11.5. The van der Waals surface area contributed by atoms with E-state index < -0.39 is 5.97 Å². The lowest BCUT2D eigenvalue weighted by Gasteiger charge is -2.02. The zero-order valence-electron chi connectivity index (χ0n) is 9.11. The van der Waals surface area contributed by atoms with Gasteiger partial charge in [-0.15, -0.1) is 23.7 Å². The van der Waals surface area contributed by atoms with Crippen LogP contribution in [0.25, 0.3) is 10.1 Å². The van der Waals surface area contributed by atoms with Crippen LogP contribution in [0.1, 0.15) is 15.2 Å². The number of hydrogen-bond donors (Lipinski definition) is 1. The molecule has 0 aliphatic heterocycles. The van der Waals surface area contributed by atoms with Crippen LogP contribution in [-0.4, -0.2) is 18.2 Å². The molecule has 0 radical (unpaired) electrons. The molecule has 1 heterocycles. The van der Waals surface area contributed by atoms with Gasteiger partial charge in [-0.25, -0.2) is 4.79 Å². The van der Waals surface area contributed by atoms with E-state index in [1.54, 1.807) is 13.2 Å². The number of benzene rings is 1. The van der Waals surface area contributed by atoms with Crippen molar-refractivity contribution in [3.8, 4) is 5.75 Å². The summed E-state index contributed by atoms with van der Waals surface area (Å²) in [5.41, 5.74) is 0.260. The van der Waals surface area contributed by atoms with Crippen LogP contribution >= 0.6 is 35.3 Å². The van der Waals surface area contributed by atoms with Gasteiger partial charge in [0, 0.05) is 4.88 Å². The number of rotatable bonds is 2. The van der Waals surface area contributed by atoms with Gasteiger partial charge in [0.25, 0.3) is 0 Å². The summed E-state index contributed by atoms with van der Waals surface area (Å²) in [6.07, 6.45) is 0. The summed E-state index contributed by atoms with van der Waals surface area (Å²) in [5, 5.41) is 10.3. The summed E-state index contributed by atoms with van der Waals surface area (Å²) in [6, 6.07) is 3.10. The van der Waals surface area contributed by atoms with Crippen LogP contribution in [0.3, 0.4) is 0 Å². The first-order valence-electron chi connectivity index (χ1n) is 4.55. The fourth-order valence-corrected chi connectivity index (χ4v) is 3.12. The molecule has 2 rings (SSSR count). The van der Waals surface area contributed by atoms with E-state index in [9.17, 15) is 4.79 Å². The van der Waals surface area contributed by atoms with E-state index >= 15 is 0 Å². The third-order valence-electron chi connectivity index (χ3n) is 2.34. The molecule has 0 bridgehead atoms. The topological polar surface area (TPSA) is 46.5 Å². The summed E-state index contributed by atoms with van der Waals surface area (Å²) in [5.74, 6) is -0.293. The fraction of sp³-hybridized carbons (Fsp3) is 0.182. The molecule has 3 nitrogen and oxygen atoms in total. The molecular weight excluding hydrogens is 283 g/mol. The predicted octanol–water partition coefficient (Wildman–Crippen LogP) is 3.99. The first kappa shape index (κ1) is 14.1. The number of methoxy groups -OCH3 is 1. The van der Waals surface area contributed by atoms with Gasteiger partial charge in [-0.05, 0) is 19.1 Å². The first-order chi connectivity index (χ1) is 7.56. The number of aryl methyl sites for hydroxylation is 1. The van der Waals surface area contributed by atoms with Crippen molar-refractivity contribution in [2.24, 2.45) is 0 Å². The van der Waals surface area contributed by atoms with E-state index in [1.807, 2.05) is 6.92 Å². The molecule has 0 saturated carbocycles. The van der Waals surface area contributed by atoms with Crippen molar-refractivity contribution in [1.29, 1.82) is 0 Å². The van der Waals surface area contributed by atoms with Crippen LogP contribution in [0.15, 0.2) is 12.1 Å². The Morgan fingerprint density at radius 3 is 2.65 bits per heavy atom. The zero-order chi connectivity index (χ0) is 11.9. The Morgan fingerprint density at radius 2 is 2.12 bits per heavy atom. The second-order valence-electron chi connectivity index (χ2n) is 3.30. The number of fused-ring (bicyclic) bond motifs is 1. The first-order valence-corrected chi connectivity index (χ1v) is 5.74. The van der Waals surface area contributed by atoms with Crippen molar-refractivity contribution < 1.29 is 14.6 Å². The van der Waals surface area contributed by atoms with Gasteiger partial charge in [0.2, 0.25) is 0 Å². The molecule has 0 atom stereocenters. The number of carboxylic acids is 1. The molecule has 1 N–H and O–H groups in total. The van der Waals surface area contributed by atoms with Gasteiger partial charge in [0.1, 0.15) is 5.75 Å². The molecule has 92 valence electrons. The van der Waals surface area contributed by atoms with Crippen LogP contribution in [0.2, 0.25) is 5.02 Å². The minimum atomic E-state index is -0.953. The molecule has 17 heavy (non-hydrogen) atoms. The minimum Gasteiger partial charge on any atom is -0.495 e. The second-order valence-corrected chi connectivity index (χ2v) is 4.93. The van der Waals surface area contributed by atoms with E-state index in [0.29, 0.717) is 20.9 Å². The number of hydrogen-bond acceptors (Lipinski definition) is 3. The normalized spacial score (nSPS) is 10.1. The van der Waals surface area contributed by atoms with E-state index in [1.165, 1.54) is 17.4 Å². The standard InChI is InChI=1S/C11H9ClO3S.ClH/c1-5-9(15-2)8-7(12)4-3-6(11(13)14)10(8)16-5;/h3-4H,1-2H3,(H,13,14);1H. The maximum atomic E-state index is 11.1. The van der Waals surface area contributed by atoms with Crippen molar-refractivity contribution >= 4 is 51.4 Å². The Kier molecular flexibility index (Phi) is 4.25. The average Bonchev–Trinajstić information content (AvgIpc) is 2.55. The van der Waals surface area contributed by atoms with Crippen LogP contribution in [-0.2, 0) is 0 Å². The number of carboxylic acid groups (broad SMARTS) is 1. The summed E-state index contributed by atoms with van der Waals surface area (Å²) < 4.78 is 5.91. The highest BCUT2D eigenvalue weighted by Crippen LogP contribution is 2.42. The van der Waals surface area contributed by atoms with E-state index in [2.05, 4.69) is 0 Å². The molecule has 6 heteroatoms. The molecule has 1 aromatic heterocycles. The molecule has 0 amide bonds. The van der Waals surface area contributed by atoms with E-state index in [4.69, 9.17) is 21.4 Å². The van der Waals surface area contributed by atoms with Crippen LogP contribution in [0, 0.1) is 6.92 Å². The summed E-state index contributed by atoms with van der Waals surface area (Å²) >= 11 is 7.45. The summed E-state index contributed by atoms with van der Waals surface area (Å²) in [7, 11) is 1.55. The minimum absolute atomic E-state index is 0. The summed E-state index contributed by atoms with van der Waals surface area (Å²) in [4.78, 5) is 12.0. The van der Waals surface area contributed by atoms with Gasteiger partial charge >= 0.3 is 5.97 Å². The van der Waals surface area contributed by atoms with Crippen LogP contribution in [0.4, 0.5) is 0 Å².